The first-order valence-corrected chi connectivity index (χ1v) is 20.2. The highest BCUT2D eigenvalue weighted by Crippen LogP contribution is 2.39. The van der Waals surface area contributed by atoms with Gasteiger partial charge in [0.05, 0.1) is 11.4 Å². The smallest absolute Gasteiger partial charge is 0.248 e. The van der Waals surface area contributed by atoms with E-state index in [-0.39, 0.29) is 5.92 Å². The van der Waals surface area contributed by atoms with Crippen LogP contribution in [0.5, 0.6) is 0 Å². The fourth-order valence-corrected chi connectivity index (χ4v) is 7.95. The zero-order valence-electron chi connectivity index (χ0n) is 33.0. The monoisotopic (exact) mass is 772 g/mol. The Morgan fingerprint density at radius 1 is 0.467 bits per heavy atom. The average molecular weight is 773 g/mol. The van der Waals surface area contributed by atoms with Crippen LogP contribution in [0.3, 0.4) is 0 Å². The summed E-state index contributed by atoms with van der Waals surface area (Å²) >= 11 is 0. The number of hydrogen-bond acceptors (Lipinski definition) is 5. The zero-order valence-corrected chi connectivity index (χ0v) is 33.0. The molecule has 286 valence electrons. The Balaban J connectivity index is 1.01. The zero-order chi connectivity index (χ0) is 40.4. The molecule has 60 heavy (non-hydrogen) atoms. The number of allylic oxidation sites excluding steroid dienone is 4. The minimum atomic E-state index is 0.0182. The number of fused-ring (bicyclic) bond motifs is 2. The van der Waals surface area contributed by atoms with Crippen molar-refractivity contribution in [1.82, 2.24) is 10.2 Å². The number of benzene rings is 8. The second-order valence-corrected chi connectivity index (χ2v) is 15.1. The third-order valence-corrected chi connectivity index (χ3v) is 11.2. The molecule has 1 aliphatic rings. The van der Waals surface area contributed by atoms with Gasteiger partial charge < -0.3 is 10.2 Å². The van der Waals surface area contributed by atoms with Crippen LogP contribution in [0.25, 0.3) is 78.1 Å². The maximum absolute atomic E-state index is 7.14. The lowest BCUT2D eigenvalue weighted by atomic mass is 9.82. The Bertz CT molecular complexity index is 3140. The van der Waals surface area contributed by atoms with Crippen molar-refractivity contribution in [1.29, 1.82) is 0 Å². The molecule has 1 unspecified atom stereocenters. The van der Waals surface area contributed by atoms with Crippen LogP contribution in [-0.4, -0.2) is 15.9 Å². The molecule has 5 nitrogen and oxygen atoms in total. The highest BCUT2D eigenvalue weighted by molar-refractivity contribution is 6.20. The SMILES string of the molecule is CC1C=C(c2ccc3ccccc3c2)C(c2ccc3ccccc3c2)=CC1=N/C(=C(\N)c1ccc(-c2ccc(-c3nnc(-c4ccccc4)o3)cc2)cc1)c1ccccc1. The molecular formula is C55H40N4O. The van der Waals surface area contributed by atoms with Crippen LogP contribution in [0.15, 0.2) is 216 Å². The van der Waals surface area contributed by atoms with Crippen LogP contribution in [0, 0.1) is 5.92 Å². The molecule has 0 saturated carbocycles. The third-order valence-electron chi connectivity index (χ3n) is 11.2. The minimum Gasteiger partial charge on any atom is -0.416 e. The van der Waals surface area contributed by atoms with Gasteiger partial charge in [-0.25, -0.2) is 0 Å². The Labute approximate surface area is 349 Å². The van der Waals surface area contributed by atoms with Crippen LogP contribution in [0.2, 0.25) is 0 Å². The van der Waals surface area contributed by atoms with Crippen LogP contribution in [-0.2, 0) is 0 Å². The van der Waals surface area contributed by atoms with E-state index in [9.17, 15) is 0 Å². The Morgan fingerprint density at radius 2 is 0.933 bits per heavy atom. The van der Waals surface area contributed by atoms with Gasteiger partial charge >= 0.3 is 0 Å². The number of aliphatic imine (C=N–C) groups is 1. The molecule has 10 rings (SSSR count). The maximum atomic E-state index is 7.14. The van der Waals surface area contributed by atoms with Gasteiger partial charge in [-0.15, -0.1) is 10.2 Å². The summed E-state index contributed by atoms with van der Waals surface area (Å²) in [7, 11) is 0. The van der Waals surface area contributed by atoms with Gasteiger partial charge in [-0.1, -0.05) is 171 Å². The van der Waals surface area contributed by atoms with E-state index in [2.05, 4.69) is 163 Å². The molecule has 0 radical (unpaired) electrons. The summed E-state index contributed by atoms with van der Waals surface area (Å²) in [6.07, 6.45) is 4.62. The molecule has 0 saturated heterocycles. The molecule has 1 heterocycles. The number of hydrogen-bond donors (Lipinski definition) is 1. The Kier molecular flexibility index (Phi) is 9.60. The summed E-state index contributed by atoms with van der Waals surface area (Å²) in [6.45, 7) is 2.22. The summed E-state index contributed by atoms with van der Waals surface area (Å²) in [4.78, 5) is 5.45. The maximum Gasteiger partial charge on any atom is 0.248 e. The van der Waals surface area contributed by atoms with Crippen molar-refractivity contribution in [3.05, 3.63) is 229 Å². The van der Waals surface area contributed by atoms with Crippen molar-refractivity contribution in [2.24, 2.45) is 16.6 Å². The topological polar surface area (TPSA) is 77.3 Å². The molecule has 0 bridgehead atoms. The summed E-state index contributed by atoms with van der Waals surface area (Å²) in [5.74, 6) is 0.998. The number of aromatic nitrogens is 2. The summed E-state index contributed by atoms with van der Waals surface area (Å²) < 4.78 is 5.99. The normalized spacial score (nSPS) is 15.2. The second-order valence-electron chi connectivity index (χ2n) is 15.1. The first-order valence-electron chi connectivity index (χ1n) is 20.2. The molecule has 9 aromatic rings. The van der Waals surface area contributed by atoms with E-state index in [1.807, 2.05) is 60.7 Å². The first-order chi connectivity index (χ1) is 29.5. The van der Waals surface area contributed by atoms with Crippen LogP contribution in [0.4, 0.5) is 0 Å². The fraction of sp³-hybridized carbons (Fsp3) is 0.0364. The minimum absolute atomic E-state index is 0.0182. The van der Waals surface area contributed by atoms with Crippen LogP contribution < -0.4 is 5.73 Å². The quantitative estimate of drug-likeness (QED) is 0.156. The second kappa shape index (κ2) is 15.8. The highest BCUT2D eigenvalue weighted by Gasteiger charge is 2.23. The van der Waals surface area contributed by atoms with Crippen LogP contribution in [0.1, 0.15) is 29.2 Å². The highest BCUT2D eigenvalue weighted by atomic mass is 16.4. The van der Waals surface area contributed by atoms with Gasteiger partial charge in [0.1, 0.15) is 0 Å². The standard InChI is InChI=1S/C55H40N4O/c1-36-32-49(47-30-24-37-12-8-10-18-45(37)33-47)50(48-31-25-38-13-9-11-19-46(38)34-48)35-51(36)57-53(42-14-4-2-5-15-42)52(56)41-26-20-39(21-27-41)40-22-28-44(29-23-40)55-59-58-54(60-55)43-16-6-3-7-17-43/h2-36H,56H2,1H3/b53-52-,57-51?. The van der Waals surface area contributed by atoms with E-state index in [0.717, 1.165) is 55.9 Å². The van der Waals surface area contributed by atoms with Crippen molar-refractivity contribution in [2.45, 2.75) is 6.92 Å². The van der Waals surface area contributed by atoms with Crippen molar-refractivity contribution < 1.29 is 4.42 Å². The first kappa shape index (κ1) is 36.5. The molecule has 1 atom stereocenters. The molecule has 1 aromatic heterocycles. The predicted molar refractivity (Wildman–Crippen MR) is 248 cm³/mol. The van der Waals surface area contributed by atoms with E-state index in [1.165, 1.54) is 32.7 Å². The molecule has 0 aliphatic heterocycles. The molecule has 2 N–H and O–H groups in total. The van der Waals surface area contributed by atoms with E-state index in [4.69, 9.17) is 15.1 Å². The van der Waals surface area contributed by atoms with Gasteiger partial charge in [0.15, 0.2) is 0 Å². The number of nitrogens with zero attached hydrogens (tertiary/aromatic N) is 3. The molecule has 0 fully saturated rings. The van der Waals surface area contributed by atoms with E-state index >= 15 is 0 Å². The molecule has 5 heteroatoms. The summed E-state index contributed by atoms with van der Waals surface area (Å²) in [5, 5.41) is 13.4. The Morgan fingerprint density at radius 3 is 1.53 bits per heavy atom. The van der Waals surface area contributed by atoms with E-state index < -0.39 is 0 Å². The third kappa shape index (κ3) is 7.25. The lowest BCUT2D eigenvalue weighted by molar-refractivity contribution is 0.584. The van der Waals surface area contributed by atoms with Gasteiger partial charge in [-0.05, 0) is 103 Å². The van der Waals surface area contributed by atoms with Crippen molar-refractivity contribution in [2.75, 3.05) is 0 Å². The predicted octanol–water partition coefficient (Wildman–Crippen LogP) is 13.4. The largest absolute Gasteiger partial charge is 0.416 e. The Hall–Kier alpha value is -7.89. The van der Waals surface area contributed by atoms with Crippen LogP contribution >= 0.6 is 0 Å². The molecule has 0 spiro atoms. The lowest BCUT2D eigenvalue weighted by Crippen LogP contribution is -2.14. The fourth-order valence-electron chi connectivity index (χ4n) is 7.95. The van der Waals surface area contributed by atoms with Gasteiger partial charge in [-0.2, -0.15) is 0 Å². The summed E-state index contributed by atoms with van der Waals surface area (Å²) in [6, 6.07) is 67.0. The van der Waals surface area contributed by atoms with Gasteiger partial charge in [0.2, 0.25) is 11.8 Å². The summed E-state index contributed by atoms with van der Waals surface area (Å²) in [5.41, 5.74) is 19.8. The number of rotatable bonds is 8. The van der Waals surface area contributed by atoms with E-state index in [0.29, 0.717) is 17.5 Å². The van der Waals surface area contributed by atoms with Crippen molar-refractivity contribution in [3.63, 3.8) is 0 Å². The van der Waals surface area contributed by atoms with Crippen molar-refractivity contribution >= 4 is 49.8 Å². The lowest BCUT2D eigenvalue weighted by Gasteiger charge is -2.23. The average Bonchev–Trinajstić information content (AvgIpc) is 3.82. The van der Waals surface area contributed by atoms with Gasteiger partial charge in [-0.3, -0.25) is 4.99 Å². The molecule has 0 amide bonds. The molecule has 1 aliphatic carbocycles. The molecular weight excluding hydrogens is 733 g/mol. The van der Waals surface area contributed by atoms with Gasteiger partial charge in [0.25, 0.3) is 0 Å². The van der Waals surface area contributed by atoms with Crippen molar-refractivity contribution in [3.8, 4) is 34.0 Å². The van der Waals surface area contributed by atoms with E-state index in [1.54, 1.807) is 0 Å². The van der Waals surface area contributed by atoms with Gasteiger partial charge in [0, 0.05) is 28.3 Å². The molecule has 8 aromatic carbocycles. The number of nitrogens with two attached hydrogens (primary N) is 1.